The molecule has 0 aliphatic rings. The number of nitrogens with zero attached hydrogens (tertiary/aromatic N) is 2. The molecule has 104 valence electrons. The zero-order valence-electron chi connectivity index (χ0n) is 10.6. The number of imidazole rings is 1. The molecular formula is C12H11N3O3S2. The van der Waals surface area contributed by atoms with Crippen molar-refractivity contribution in [1.29, 1.82) is 0 Å². The molecule has 0 saturated heterocycles. The first-order valence-corrected chi connectivity index (χ1v) is 7.67. The molecule has 0 radical (unpaired) electrons. The van der Waals surface area contributed by atoms with Gasteiger partial charge < -0.3 is 10.1 Å². The van der Waals surface area contributed by atoms with Crippen molar-refractivity contribution in [1.82, 2.24) is 14.7 Å². The number of carbonyl (C=O) groups is 2. The van der Waals surface area contributed by atoms with E-state index in [-0.39, 0.29) is 12.5 Å². The van der Waals surface area contributed by atoms with Crippen LogP contribution in [0.1, 0.15) is 16.6 Å². The van der Waals surface area contributed by atoms with Crippen LogP contribution in [-0.2, 0) is 9.53 Å². The maximum absolute atomic E-state index is 12.0. The van der Waals surface area contributed by atoms with Crippen molar-refractivity contribution in [3.63, 3.8) is 0 Å². The highest BCUT2D eigenvalue weighted by Gasteiger charge is 2.15. The Bertz CT molecular complexity index is 786. The predicted molar refractivity (Wildman–Crippen MR) is 77.4 cm³/mol. The van der Waals surface area contributed by atoms with Crippen molar-refractivity contribution in [3.05, 3.63) is 22.5 Å². The fourth-order valence-electron chi connectivity index (χ4n) is 1.81. The van der Waals surface area contributed by atoms with Gasteiger partial charge in [-0.2, -0.15) is 0 Å². The number of aromatic nitrogens is 2. The van der Waals surface area contributed by atoms with Crippen LogP contribution in [0.2, 0.25) is 0 Å². The second-order valence-electron chi connectivity index (χ2n) is 3.96. The lowest BCUT2D eigenvalue weighted by Gasteiger charge is -2.02. The summed E-state index contributed by atoms with van der Waals surface area (Å²) in [5, 5.41) is 4.48. The first-order valence-electron chi connectivity index (χ1n) is 5.98. The Morgan fingerprint density at radius 3 is 3.15 bits per heavy atom. The minimum absolute atomic E-state index is 0.122. The third-order valence-electron chi connectivity index (χ3n) is 2.66. The van der Waals surface area contributed by atoms with Gasteiger partial charge in [0.05, 0.1) is 17.0 Å². The zero-order chi connectivity index (χ0) is 14.1. The number of hydrogen-bond donors (Lipinski definition) is 1. The fourth-order valence-corrected chi connectivity index (χ4v) is 3.53. The Hall–Kier alpha value is -1.93. The van der Waals surface area contributed by atoms with Crippen molar-refractivity contribution < 1.29 is 14.3 Å². The molecule has 0 spiro atoms. The van der Waals surface area contributed by atoms with Gasteiger partial charge in [-0.3, -0.25) is 14.0 Å². The number of thiazole rings is 1. The van der Waals surface area contributed by atoms with Crippen molar-refractivity contribution in [2.75, 3.05) is 13.2 Å². The standard InChI is InChI=1S/C12H11N3O3S2/c1-2-18-9(16)6-13-10(17)8-5-7-11(20-8)14-12-15(7)3-4-19-12/h3-5H,2,6H2,1H3,(H,13,17). The summed E-state index contributed by atoms with van der Waals surface area (Å²) in [6.07, 6.45) is 1.92. The second kappa shape index (κ2) is 5.22. The molecule has 0 fully saturated rings. The molecule has 0 atom stereocenters. The van der Waals surface area contributed by atoms with Gasteiger partial charge in [0.2, 0.25) is 0 Å². The minimum Gasteiger partial charge on any atom is -0.465 e. The van der Waals surface area contributed by atoms with Gasteiger partial charge in [-0.25, -0.2) is 4.98 Å². The molecule has 3 heterocycles. The number of fused-ring (bicyclic) bond motifs is 3. The number of amides is 1. The molecule has 0 bridgehead atoms. The minimum atomic E-state index is -0.441. The van der Waals surface area contributed by atoms with Crippen LogP contribution in [0.5, 0.6) is 0 Å². The molecule has 0 saturated carbocycles. The molecule has 1 amide bonds. The van der Waals surface area contributed by atoms with Gasteiger partial charge >= 0.3 is 5.97 Å². The van der Waals surface area contributed by atoms with Crippen molar-refractivity contribution >= 4 is 49.9 Å². The fraction of sp³-hybridized carbons (Fsp3) is 0.250. The van der Waals surface area contributed by atoms with Gasteiger partial charge in [0.25, 0.3) is 5.91 Å². The van der Waals surface area contributed by atoms with E-state index in [2.05, 4.69) is 10.3 Å². The molecule has 20 heavy (non-hydrogen) atoms. The average Bonchev–Trinajstić information content (AvgIpc) is 3.07. The van der Waals surface area contributed by atoms with Crippen molar-refractivity contribution in [2.24, 2.45) is 0 Å². The predicted octanol–water partition coefficient (Wildman–Crippen LogP) is 1.90. The summed E-state index contributed by atoms with van der Waals surface area (Å²) in [6.45, 7) is 1.91. The lowest BCUT2D eigenvalue weighted by Crippen LogP contribution is -2.30. The molecule has 3 aromatic heterocycles. The van der Waals surface area contributed by atoms with Crippen LogP contribution in [-0.4, -0.2) is 34.4 Å². The number of nitrogens with one attached hydrogen (secondary N) is 1. The van der Waals surface area contributed by atoms with E-state index >= 15 is 0 Å². The van der Waals surface area contributed by atoms with Gasteiger partial charge in [-0.1, -0.05) is 0 Å². The Morgan fingerprint density at radius 2 is 2.35 bits per heavy atom. The summed E-state index contributed by atoms with van der Waals surface area (Å²) in [5.74, 6) is -0.728. The molecule has 3 rings (SSSR count). The highest BCUT2D eigenvalue weighted by atomic mass is 32.1. The van der Waals surface area contributed by atoms with E-state index < -0.39 is 5.97 Å². The van der Waals surface area contributed by atoms with Crippen LogP contribution in [0.25, 0.3) is 15.3 Å². The maximum Gasteiger partial charge on any atom is 0.325 e. The summed E-state index contributed by atoms with van der Waals surface area (Å²) in [6, 6.07) is 1.78. The molecule has 0 aliphatic carbocycles. The largest absolute Gasteiger partial charge is 0.465 e. The molecule has 6 nitrogen and oxygen atoms in total. The summed E-state index contributed by atoms with van der Waals surface area (Å²) >= 11 is 2.86. The number of carbonyl (C=O) groups excluding carboxylic acids is 2. The normalized spacial score (nSPS) is 11.1. The molecule has 0 aliphatic heterocycles. The number of ether oxygens (including phenoxy) is 1. The summed E-state index contributed by atoms with van der Waals surface area (Å²) < 4.78 is 6.70. The van der Waals surface area contributed by atoms with Crippen molar-refractivity contribution in [3.8, 4) is 0 Å². The maximum atomic E-state index is 12.0. The van der Waals surface area contributed by atoms with E-state index in [1.807, 2.05) is 16.0 Å². The van der Waals surface area contributed by atoms with Crippen LogP contribution in [0.3, 0.4) is 0 Å². The smallest absolute Gasteiger partial charge is 0.325 e. The Kier molecular flexibility index (Phi) is 3.41. The molecule has 3 aromatic rings. The average molecular weight is 309 g/mol. The van der Waals surface area contributed by atoms with Gasteiger partial charge in [0, 0.05) is 11.6 Å². The van der Waals surface area contributed by atoms with Gasteiger partial charge in [-0.15, -0.1) is 22.7 Å². The van der Waals surface area contributed by atoms with Crippen LogP contribution in [0, 0.1) is 0 Å². The van der Waals surface area contributed by atoms with Gasteiger partial charge in [-0.05, 0) is 13.0 Å². The van der Waals surface area contributed by atoms with E-state index in [0.29, 0.717) is 11.5 Å². The highest BCUT2D eigenvalue weighted by Crippen LogP contribution is 2.28. The summed E-state index contributed by atoms with van der Waals surface area (Å²) in [7, 11) is 0. The number of hydrogen-bond acceptors (Lipinski definition) is 6. The summed E-state index contributed by atoms with van der Waals surface area (Å²) in [4.78, 5) is 29.8. The first kappa shape index (κ1) is 13.1. The Labute approximate surface area is 122 Å². The lowest BCUT2D eigenvalue weighted by molar-refractivity contribution is -0.141. The third-order valence-corrected chi connectivity index (χ3v) is 4.44. The van der Waals surface area contributed by atoms with E-state index in [9.17, 15) is 9.59 Å². The third kappa shape index (κ3) is 2.27. The quantitative estimate of drug-likeness (QED) is 0.747. The van der Waals surface area contributed by atoms with Gasteiger partial charge in [0.15, 0.2) is 4.96 Å². The number of esters is 1. The SMILES string of the molecule is CCOC(=O)CNC(=O)c1cc2c(nc3sccn32)s1. The Balaban J connectivity index is 1.77. The van der Waals surface area contributed by atoms with Crippen LogP contribution < -0.4 is 5.32 Å². The second-order valence-corrected chi connectivity index (χ2v) is 5.86. The monoisotopic (exact) mass is 309 g/mol. The van der Waals surface area contributed by atoms with E-state index in [4.69, 9.17) is 4.74 Å². The number of rotatable bonds is 4. The Morgan fingerprint density at radius 1 is 1.50 bits per heavy atom. The van der Waals surface area contributed by atoms with E-state index in [1.165, 1.54) is 11.3 Å². The molecule has 8 heteroatoms. The van der Waals surface area contributed by atoms with Crippen LogP contribution in [0.4, 0.5) is 0 Å². The van der Waals surface area contributed by atoms with Crippen molar-refractivity contribution in [2.45, 2.75) is 6.92 Å². The van der Waals surface area contributed by atoms with E-state index in [0.717, 1.165) is 15.3 Å². The first-order chi connectivity index (χ1) is 9.69. The number of thiophene rings is 1. The van der Waals surface area contributed by atoms with Crippen LogP contribution in [0.15, 0.2) is 17.6 Å². The zero-order valence-corrected chi connectivity index (χ0v) is 12.2. The lowest BCUT2D eigenvalue weighted by atomic mass is 10.4. The molecule has 0 unspecified atom stereocenters. The summed E-state index contributed by atoms with van der Waals surface area (Å²) in [5.41, 5.74) is 0.910. The highest BCUT2D eigenvalue weighted by molar-refractivity contribution is 7.21. The molecular weight excluding hydrogens is 298 g/mol. The van der Waals surface area contributed by atoms with E-state index in [1.54, 1.807) is 24.3 Å². The van der Waals surface area contributed by atoms with Gasteiger partial charge in [0.1, 0.15) is 11.4 Å². The topological polar surface area (TPSA) is 72.7 Å². The molecule has 1 N–H and O–H groups in total. The van der Waals surface area contributed by atoms with Crippen LogP contribution >= 0.6 is 22.7 Å². The molecule has 0 aromatic carbocycles.